The van der Waals surface area contributed by atoms with Crippen LogP contribution in [0.2, 0.25) is 0 Å². The molecule has 2 aliphatic rings. The molecule has 0 N–H and O–H groups in total. The molecule has 2 aromatic carbocycles. The number of carbonyl (C=O) groups excluding carboxylic acids is 1. The van der Waals surface area contributed by atoms with Gasteiger partial charge in [-0.25, -0.2) is 4.98 Å². The second kappa shape index (κ2) is 6.36. The van der Waals surface area contributed by atoms with Gasteiger partial charge in [-0.3, -0.25) is 4.79 Å². The molecular formula is C22H20N2OS. The summed E-state index contributed by atoms with van der Waals surface area (Å²) in [6, 6.07) is 19.0. The Morgan fingerprint density at radius 1 is 1.04 bits per heavy atom. The van der Waals surface area contributed by atoms with Crippen molar-refractivity contribution in [3.63, 3.8) is 0 Å². The number of benzene rings is 2. The number of hydrogen-bond donors (Lipinski definition) is 0. The number of carbonyl (C=O) groups is 1. The zero-order valence-electron chi connectivity index (χ0n) is 14.5. The van der Waals surface area contributed by atoms with Crippen LogP contribution in [-0.2, 0) is 6.54 Å². The van der Waals surface area contributed by atoms with Crippen LogP contribution in [0.25, 0.3) is 0 Å². The van der Waals surface area contributed by atoms with E-state index in [0.29, 0.717) is 12.5 Å². The van der Waals surface area contributed by atoms with Gasteiger partial charge < -0.3 is 4.90 Å². The van der Waals surface area contributed by atoms with Gasteiger partial charge in [-0.1, -0.05) is 54.6 Å². The predicted octanol–water partition coefficient (Wildman–Crippen LogP) is 4.81. The van der Waals surface area contributed by atoms with Gasteiger partial charge in [-0.05, 0) is 29.5 Å². The molecular weight excluding hydrogens is 340 g/mol. The number of rotatable bonds is 3. The van der Waals surface area contributed by atoms with Crippen molar-refractivity contribution in [2.45, 2.75) is 31.2 Å². The van der Waals surface area contributed by atoms with E-state index in [-0.39, 0.29) is 11.8 Å². The maximum atomic E-state index is 13.1. The Kier molecular flexibility index (Phi) is 3.86. The van der Waals surface area contributed by atoms with Crippen LogP contribution in [0.4, 0.5) is 0 Å². The topological polar surface area (TPSA) is 33.2 Å². The van der Waals surface area contributed by atoms with E-state index in [0.717, 1.165) is 16.4 Å². The van der Waals surface area contributed by atoms with Crippen molar-refractivity contribution in [2.24, 2.45) is 0 Å². The summed E-state index contributed by atoms with van der Waals surface area (Å²) in [5.74, 6) is 0.937. The van der Waals surface area contributed by atoms with Gasteiger partial charge in [0.25, 0.3) is 5.91 Å². The molecule has 0 spiro atoms. The van der Waals surface area contributed by atoms with Crippen molar-refractivity contribution in [1.82, 2.24) is 9.88 Å². The molecule has 26 heavy (non-hydrogen) atoms. The monoisotopic (exact) mass is 360 g/mol. The Bertz CT molecular complexity index is 946. The van der Waals surface area contributed by atoms with Gasteiger partial charge in [0.1, 0.15) is 4.88 Å². The van der Waals surface area contributed by atoms with Crippen molar-refractivity contribution < 1.29 is 4.79 Å². The van der Waals surface area contributed by atoms with Crippen molar-refractivity contribution in [3.05, 3.63) is 87.4 Å². The Morgan fingerprint density at radius 3 is 2.62 bits per heavy atom. The van der Waals surface area contributed by atoms with Crippen molar-refractivity contribution in [2.75, 3.05) is 6.54 Å². The van der Waals surface area contributed by atoms with Gasteiger partial charge in [-0.15, -0.1) is 11.3 Å². The lowest BCUT2D eigenvalue weighted by atomic mass is 9.84. The molecule has 3 aromatic rings. The molecule has 0 bridgehead atoms. The molecule has 5 rings (SSSR count). The van der Waals surface area contributed by atoms with Crippen LogP contribution in [0.3, 0.4) is 0 Å². The summed E-state index contributed by atoms with van der Waals surface area (Å²) < 4.78 is 0. The third-order valence-corrected chi connectivity index (χ3v) is 6.49. The minimum Gasteiger partial charge on any atom is -0.333 e. The van der Waals surface area contributed by atoms with E-state index < -0.39 is 0 Å². The van der Waals surface area contributed by atoms with Crippen LogP contribution < -0.4 is 0 Å². The summed E-state index contributed by atoms with van der Waals surface area (Å²) in [4.78, 5) is 20.4. The fraction of sp³-hybridized carbons (Fsp3) is 0.273. The van der Waals surface area contributed by atoms with Gasteiger partial charge in [0.15, 0.2) is 0 Å². The van der Waals surface area contributed by atoms with E-state index in [9.17, 15) is 4.79 Å². The maximum Gasteiger partial charge on any atom is 0.265 e. The minimum absolute atomic E-state index is 0.116. The predicted molar refractivity (Wildman–Crippen MR) is 104 cm³/mol. The lowest BCUT2D eigenvalue weighted by Gasteiger charge is -2.34. The Hall–Kier alpha value is -2.46. The molecule has 1 aliphatic heterocycles. The molecule has 1 aromatic heterocycles. The number of fused-ring (bicyclic) bond motifs is 1. The van der Waals surface area contributed by atoms with Crippen molar-refractivity contribution >= 4 is 17.2 Å². The van der Waals surface area contributed by atoms with Crippen LogP contribution in [0.5, 0.6) is 0 Å². The molecule has 4 heteroatoms. The highest BCUT2D eigenvalue weighted by atomic mass is 32.1. The van der Waals surface area contributed by atoms with Gasteiger partial charge in [0.2, 0.25) is 0 Å². The lowest BCUT2D eigenvalue weighted by molar-refractivity contribution is 0.0729. The third kappa shape index (κ3) is 2.84. The van der Waals surface area contributed by atoms with Crippen molar-refractivity contribution in [1.29, 1.82) is 0 Å². The summed E-state index contributed by atoms with van der Waals surface area (Å²) in [6.45, 7) is 1.39. The Morgan fingerprint density at radius 2 is 1.81 bits per heavy atom. The number of hydrogen-bond acceptors (Lipinski definition) is 3. The first kappa shape index (κ1) is 15.8. The van der Waals surface area contributed by atoms with Crippen LogP contribution in [0.1, 0.15) is 56.0 Å². The maximum absolute atomic E-state index is 13.1. The second-order valence-corrected chi connectivity index (χ2v) is 8.25. The molecule has 1 fully saturated rings. The summed E-state index contributed by atoms with van der Waals surface area (Å²) >= 11 is 1.58. The molecule has 1 amide bonds. The zero-order valence-corrected chi connectivity index (χ0v) is 15.3. The highest BCUT2D eigenvalue weighted by Gasteiger charge is 2.32. The average molecular weight is 360 g/mol. The highest BCUT2D eigenvalue weighted by Crippen LogP contribution is 2.42. The van der Waals surface area contributed by atoms with E-state index in [2.05, 4.69) is 53.5 Å². The molecule has 130 valence electrons. The molecule has 1 aliphatic carbocycles. The molecule has 3 nitrogen and oxygen atoms in total. The Labute approximate surface area is 157 Å². The zero-order chi connectivity index (χ0) is 17.5. The van der Waals surface area contributed by atoms with Crippen molar-refractivity contribution in [3.8, 4) is 0 Å². The van der Waals surface area contributed by atoms with E-state index >= 15 is 0 Å². The molecule has 0 radical (unpaired) electrons. The standard InChI is InChI=1S/C22H20N2OS/c25-22(20-12-23-21(26-20)16-10-11-16)24-13-17-8-4-5-9-18(17)19(14-24)15-6-2-1-3-7-15/h1-9,12,16,19H,10-11,13-14H2. The normalized spacial score (nSPS) is 19.2. The molecule has 1 saturated carbocycles. The highest BCUT2D eigenvalue weighted by molar-refractivity contribution is 7.13. The molecule has 2 heterocycles. The number of thiazole rings is 1. The fourth-order valence-corrected chi connectivity index (χ4v) is 4.85. The van der Waals surface area contributed by atoms with E-state index in [1.54, 1.807) is 17.5 Å². The van der Waals surface area contributed by atoms with Gasteiger partial charge >= 0.3 is 0 Å². The summed E-state index contributed by atoms with van der Waals surface area (Å²) in [7, 11) is 0. The van der Waals surface area contributed by atoms with E-state index in [4.69, 9.17) is 0 Å². The minimum atomic E-state index is 0.116. The second-order valence-electron chi connectivity index (χ2n) is 7.18. The summed E-state index contributed by atoms with van der Waals surface area (Å²) in [5, 5.41) is 1.13. The Balaban J connectivity index is 1.47. The summed E-state index contributed by atoms with van der Waals surface area (Å²) in [5.41, 5.74) is 3.85. The molecule has 0 saturated heterocycles. The number of aromatic nitrogens is 1. The first-order chi connectivity index (χ1) is 12.8. The fourth-order valence-electron chi connectivity index (χ4n) is 3.79. The van der Waals surface area contributed by atoms with Crippen LogP contribution >= 0.6 is 11.3 Å². The number of amides is 1. The first-order valence-electron chi connectivity index (χ1n) is 9.17. The SMILES string of the molecule is O=C(c1cnc(C2CC2)s1)N1Cc2ccccc2C(c2ccccc2)C1. The quantitative estimate of drug-likeness (QED) is 0.672. The number of nitrogens with zero attached hydrogens (tertiary/aromatic N) is 2. The van der Waals surface area contributed by atoms with Gasteiger partial charge in [-0.2, -0.15) is 0 Å². The van der Waals surface area contributed by atoms with E-state index in [1.807, 2.05) is 11.0 Å². The lowest BCUT2D eigenvalue weighted by Crippen LogP contribution is -2.38. The van der Waals surface area contributed by atoms with Gasteiger partial charge in [0.05, 0.1) is 11.2 Å². The third-order valence-electron chi connectivity index (χ3n) is 5.34. The summed E-state index contributed by atoms with van der Waals surface area (Å²) in [6.07, 6.45) is 4.21. The van der Waals surface area contributed by atoms with Gasteiger partial charge in [0, 0.05) is 24.9 Å². The van der Waals surface area contributed by atoms with Crippen LogP contribution in [0, 0.1) is 0 Å². The van der Waals surface area contributed by atoms with E-state index in [1.165, 1.54) is 29.5 Å². The molecule has 1 unspecified atom stereocenters. The first-order valence-corrected chi connectivity index (χ1v) is 9.99. The smallest absolute Gasteiger partial charge is 0.265 e. The average Bonchev–Trinajstić information content (AvgIpc) is 3.44. The van der Waals surface area contributed by atoms with Crippen LogP contribution in [0.15, 0.2) is 60.8 Å². The largest absolute Gasteiger partial charge is 0.333 e. The molecule has 1 atom stereocenters. The van der Waals surface area contributed by atoms with Crippen LogP contribution in [-0.4, -0.2) is 22.3 Å².